The van der Waals surface area contributed by atoms with E-state index in [2.05, 4.69) is 0 Å². The van der Waals surface area contributed by atoms with Gasteiger partial charge in [-0.1, -0.05) is 42.1 Å². The van der Waals surface area contributed by atoms with E-state index in [4.69, 9.17) is 15.5 Å². The lowest BCUT2D eigenvalue weighted by atomic mass is 9.94. The van der Waals surface area contributed by atoms with Gasteiger partial charge in [-0.15, -0.1) is 11.3 Å². The average molecular weight is 430 g/mol. The highest BCUT2D eigenvalue weighted by Crippen LogP contribution is 2.37. The minimum atomic E-state index is -0.431. The van der Waals surface area contributed by atoms with Gasteiger partial charge in [0.2, 0.25) is 5.91 Å². The molecule has 0 atom stereocenters. The monoisotopic (exact) mass is 429 g/mol. The van der Waals surface area contributed by atoms with Crippen molar-refractivity contribution in [3.05, 3.63) is 56.7 Å². The first kappa shape index (κ1) is 20.1. The van der Waals surface area contributed by atoms with E-state index in [1.807, 2.05) is 44.2 Å². The standard InChI is InChI=1S/C21H23N3O3S2/c1-21(2)10-14-15(11-27-21)29-18-17(14)19(26)24(20(23-18)28-12-16(22)25)9-8-13-6-4-3-5-7-13/h3-7H,8-12H2,1-2H3,(H2,22,25). The van der Waals surface area contributed by atoms with E-state index in [1.165, 1.54) is 23.1 Å². The van der Waals surface area contributed by atoms with Gasteiger partial charge in [0.15, 0.2) is 5.16 Å². The minimum Gasteiger partial charge on any atom is -0.370 e. The molecule has 152 valence electrons. The van der Waals surface area contributed by atoms with Gasteiger partial charge in [0.1, 0.15) is 4.83 Å². The van der Waals surface area contributed by atoms with Crippen LogP contribution in [0.15, 0.2) is 40.3 Å². The van der Waals surface area contributed by atoms with Crippen molar-refractivity contribution < 1.29 is 9.53 Å². The number of thioether (sulfide) groups is 1. The molecule has 0 bridgehead atoms. The van der Waals surface area contributed by atoms with Crippen LogP contribution in [0.4, 0.5) is 0 Å². The molecule has 3 heterocycles. The highest BCUT2D eigenvalue weighted by atomic mass is 32.2. The Morgan fingerprint density at radius 3 is 2.83 bits per heavy atom. The summed E-state index contributed by atoms with van der Waals surface area (Å²) in [4.78, 5) is 31.4. The van der Waals surface area contributed by atoms with Gasteiger partial charge >= 0.3 is 0 Å². The SMILES string of the molecule is CC1(C)Cc2c(sc3nc(SCC(N)=O)n(CCc4ccccc4)c(=O)c23)CO1. The predicted octanol–water partition coefficient (Wildman–Crippen LogP) is 3.13. The van der Waals surface area contributed by atoms with Crippen molar-refractivity contribution in [2.45, 2.75) is 50.6 Å². The molecule has 1 amide bonds. The molecule has 0 spiro atoms. The number of primary amides is 1. The number of nitrogens with zero attached hydrogens (tertiary/aromatic N) is 2. The lowest BCUT2D eigenvalue weighted by Gasteiger charge is -2.29. The van der Waals surface area contributed by atoms with Crippen molar-refractivity contribution in [2.24, 2.45) is 5.73 Å². The number of aryl methyl sites for hydroxylation is 1. The number of amides is 1. The molecular weight excluding hydrogens is 406 g/mol. The van der Waals surface area contributed by atoms with Gasteiger partial charge < -0.3 is 10.5 Å². The highest BCUT2D eigenvalue weighted by molar-refractivity contribution is 7.99. The summed E-state index contributed by atoms with van der Waals surface area (Å²) in [7, 11) is 0. The molecule has 0 saturated heterocycles. The average Bonchev–Trinajstić information content (AvgIpc) is 3.03. The van der Waals surface area contributed by atoms with Gasteiger partial charge in [0.25, 0.3) is 5.56 Å². The largest absolute Gasteiger partial charge is 0.370 e. The van der Waals surface area contributed by atoms with E-state index in [0.29, 0.717) is 41.4 Å². The first-order valence-corrected chi connectivity index (χ1v) is 11.3. The Balaban J connectivity index is 1.79. The Bertz CT molecular complexity index is 1120. The van der Waals surface area contributed by atoms with Crippen LogP contribution in [0.25, 0.3) is 10.2 Å². The fourth-order valence-corrected chi connectivity index (χ4v) is 5.44. The van der Waals surface area contributed by atoms with E-state index in [0.717, 1.165) is 16.0 Å². The van der Waals surface area contributed by atoms with Crippen molar-refractivity contribution in [2.75, 3.05) is 5.75 Å². The normalized spacial score (nSPS) is 15.4. The Labute approximate surface area is 177 Å². The number of ether oxygens (including phenoxy) is 1. The molecule has 8 heteroatoms. The van der Waals surface area contributed by atoms with Gasteiger partial charge in [-0.3, -0.25) is 14.2 Å². The van der Waals surface area contributed by atoms with Crippen molar-refractivity contribution in [3.63, 3.8) is 0 Å². The summed E-state index contributed by atoms with van der Waals surface area (Å²) in [5.41, 5.74) is 7.17. The number of carbonyl (C=O) groups excluding carboxylic acids is 1. The summed E-state index contributed by atoms with van der Waals surface area (Å²) in [5, 5.41) is 1.23. The molecule has 4 rings (SSSR count). The number of carbonyl (C=O) groups is 1. The molecule has 2 N–H and O–H groups in total. The van der Waals surface area contributed by atoms with E-state index in [-0.39, 0.29) is 16.9 Å². The number of rotatable bonds is 6. The Morgan fingerprint density at radius 2 is 2.10 bits per heavy atom. The van der Waals surface area contributed by atoms with Crippen LogP contribution in [-0.4, -0.2) is 26.8 Å². The van der Waals surface area contributed by atoms with Crippen LogP contribution in [-0.2, 0) is 35.5 Å². The van der Waals surface area contributed by atoms with E-state index >= 15 is 0 Å². The number of fused-ring (bicyclic) bond motifs is 3. The van der Waals surface area contributed by atoms with Gasteiger partial charge in [0.05, 0.1) is 23.3 Å². The zero-order valence-electron chi connectivity index (χ0n) is 16.4. The maximum absolute atomic E-state index is 13.5. The Morgan fingerprint density at radius 1 is 1.34 bits per heavy atom. The fraction of sp³-hybridized carbons (Fsp3) is 0.381. The quantitative estimate of drug-likeness (QED) is 0.480. The lowest BCUT2D eigenvalue weighted by Crippen LogP contribution is -2.32. The third-order valence-electron chi connectivity index (χ3n) is 4.97. The van der Waals surface area contributed by atoms with Crippen LogP contribution >= 0.6 is 23.1 Å². The fourth-order valence-electron chi connectivity index (χ4n) is 3.54. The van der Waals surface area contributed by atoms with Crippen LogP contribution in [0, 0.1) is 0 Å². The van der Waals surface area contributed by atoms with Gasteiger partial charge in [-0.2, -0.15) is 0 Å². The first-order chi connectivity index (χ1) is 13.8. The summed E-state index contributed by atoms with van der Waals surface area (Å²) in [5.74, 6) is -0.343. The third kappa shape index (κ3) is 4.24. The summed E-state index contributed by atoms with van der Waals surface area (Å²) < 4.78 is 7.61. The third-order valence-corrected chi connectivity index (χ3v) is 7.06. The molecule has 0 aliphatic carbocycles. The summed E-state index contributed by atoms with van der Waals surface area (Å²) in [6, 6.07) is 10.0. The zero-order valence-corrected chi connectivity index (χ0v) is 18.1. The van der Waals surface area contributed by atoms with Crippen LogP contribution < -0.4 is 11.3 Å². The Kier molecular flexibility index (Phi) is 5.50. The molecule has 1 aromatic carbocycles. The van der Waals surface area contributed by atoms with Gasteiger partial charge in [0, 0.05) is 17.8 Å². The van der Waals surface area contributed by atoms with E-state index < -0.39 is 5.91 Å². The second kappa shape index (κ2) is 7.93. The van der Waals surface area contributed by atoms with Crippen molar-refractivity contribution in [1.29, 1.82) is 0 Å². The number of aromatic nitrogens is 2. The van der Waals surface area contributed by atoms with Crippen LogP contribution in [0.5, 0.6) is 0 Å². The molecular formula is C21H23N3O3S2. The zero-order chi connectivity index (χ0) is 20.6. The maximum Gasteiger partial charge on any atom is 0.263 e. The number of nitrogens with two attached hydrogens (primary N) is 1. The van der Waals surface area contributed by atoms with Crippen LogP contribution in [0.2, 0.25) is 0 Å². The molecule has 1 aliphatic heterocycles. The van der Waals surface area contributed by atoms with Crippen LogP contribution in [0.1, 0.15) is 29.9 Å². The number of hydrogen-bond donors (Lipinski definition) is 1. The molecule has 2 aromatic heterocycles. The van der Waals surface area contributed by atoms with Crippen molar-refractivity contribution in [3.8, 4) is 0 Å². The van der Waals surface area contributed by atoms with Crippen LogP contribution in [0.3, 0.4) is 0 Å². The molecule has 6 nitrogen and oxygen atoms in total. The lowest BCUT2D eigenvalue weighted by molar-refractivity contribution is -0.115. The maximum atomic E-state index is 13.5. The summed E-state index contributed by atoms with van der Waals surface area (Å²) in [6.45, 7) is 5.07. The summed E-state index contributed by atoms with van der Waals surface area (Å²) in [6.07, 6.45) is 1.39. The Hall–Kier alpha value is -2.16. The molecule has 0 radical (unpaired) electrons. The smallest absolute Gasteiger partial charge is 0.263 e. The highest BCUT2D eigenvalue weighted by Gasteiger charge is 2.31. The predicted molar refractivity (Wildman–Crippen MR) is 117 cm³/mol. The molecule has 3 aromatic rings. The second-order valence-electron chi connectivity index (χ2n) is 7.75. The minimum absolute atomic E-state index is 0.0481. The summed E-state index contributed by atoms with van der Waals surface area (Å²) >= 11 is 2.73. The topological polar surface area (TPSA) is 87.2 Å². The van der Waals surface area contributed by atoms with E-state index in [9.17, 15) is 9.59 Å². The van der Waals surface area contributed by atoms with Gasteiger partial charge in [-0.05, 0) is 31.4 Å². The first-order valence-electron chi connectivity index (χ1n) is 9.48. The second-order valence-corrected chi connectivity index (χ2v) is 9.78. The molecule has 0 unspecified atom stereocenters. The van der Waals surface area contributed by atoms with E-state index in [1.54, 1.807) is 4.57 Å². The molecule has 0 saturated carbocycles. The van der Waals surface area contributed by atoms with Crippen molar-refractivity contribution in [1.82, 2.24) is 9.55 Å². The number of hydrogen-bond acceptors (Lipinski definition) is 6. The number of benzene rings is 1. The molecule has 29 heavy (non-hydrogen) atoms. The molecule has 1 aliphatic rings. The van der Waals surface area contributed by atoms with Crippen molar-refractivity contribution >= 4 is 39.2 Å². The molecule has 0 fully saturated rings. The van der Waals surface area contributed by atoms with Gasteiger partial charge in [-0.25, -0.2) is 4.98 Å². The number of thiophene rings is 1.